The van der Waals surface area contributed by atoms with Gasteiger partial charge in [0.15, 0.2) is 5.65 Å². The van der Waals surface area contributed by atoms with Crippen molar-refractivity contribution in [1.82, 2.24) is 44.7 Å². The maximum absolute atomic E-state index is 13.5. The third-order valence-corrected chi connectivity index (χ3v) is 13.9. The number of piperidine rings is 2. The molecule has 9 rings (SSSR count). The van der Waals surface area contributed by atoms with E-state index in [0.717, 1.165) is 29.1 Å². The number of rotatable bonds is 20. The molecule has 0 aliphatic carbocycles. The molecule has 0 radical (unpaired) electrons. The van der Waals surface area contributed by atoms with Crippen molar-refractivity contribution in [2.45, 2.75) is 42.7 Å². The van der Waals surface area contributed by atoms with Crippen molar-refractivity contribution < 1.29 is 47.7 Å². The molecule has 3 saturated heterocycles. The van der Waals surface area contributed by atoms with Crippen molar-refractivity contribution in [3.8, 4) is 22.8 Å². The second-order valence-electron chi connectivity index (χ2n) is 17.6. The lowest BCUT2D eigenvalue weighted by Gasteiger charge is -2.34. The maximum atomic E-state index is 13.5. The number of imide groups is 2. The van der Waals surface area contributed by atoms with Gasteiger partial charge in [0.05, 0.1) is 55.6 Å². The molecule has 6 heterocycles. The average Bonchev–Trinajstić information content (AvgIpc) is 3.91. The topological polar surface area (TPSA) is 234 Å². The Kier molecular flexibility index (Phi) is 16.3. The Bertz CT molecular complexity index is 2820. The molecule has 2 aromatic heterocycles. The number of anilines is 1. The van der Waals surface area contributed by atoms with E-state index in [0.29, 0.717) is 111 Å². The Morgan fingerprint density at radius 3 is 2.32 bits per heavy atom. The van der Waals surface area contributed by atoms with Crippen LogP contribution in [-0.4, -0.2) is 172 Å². The molecular formula is C51H56N10O10S. The summed E-state index contributed by atoms with van der Waals surface area (Å²) in [5, 5.41) is 7.90. The van der Waals surface area contributed by atoms with Gasteiger partial charge in [0.25, 0.3) is 11.8 Å². The average molecular weight is 1000 g/mol. The number of benzene rings is 3. The fraction of sp³-hybridized carbons (Fsp3) is 0.392. The van der Waals surface area contributed by atoms with E-state index in [2.05, 4.69) is 20.2 Å². The van der Waals surface area contributed by atoms with E-state index in [-0.39, 0.29) is 55.0 Å². The molecule has 4 aliphatic rings. The number of para-hydroxylation sites is 1. The number of likely N-dealkylation sites (tertiary alicyclic amines) is 1. The highest BCUT2D eigenvalue weighted by atomic mass is 32.2. The lowest BCUT2D eigenvalue weighted by Crippen LogP contribution is -2.54. The first-order valence-electron chi connectivity index (χ1n) is 24.1. The van der Waals surface area contributed by atoms with Gasteiger partial charge in [-0.3, -0.25) is 43.9 Å². The van der Waals surface area contributed by atoms with Crippen molar-refractivity contribution in [1.29, 1.82) is 0 Å². The SMILES string of the molecule is Nc1ncnc2c1c(-c1ccc(Oc3ccccc3)cc1)nn2[C@@H]1CCCN(C(=O)/C=C/CN2CCN(C(=O)COCCOCCOCCSc3cccc4c3C(=O)N(C3CCC(=O)NC3=O)C4=O)CC2)C1. The zero-order valence-corrected chi connectivity index (χ0v) is 40.5. The van der Waals surface area contributed by atoms with Crippen LogP contribution in [0.4, 0.5) is 5.82 Å². The first kappa shape index (κ1) is 49.9. The van der Waals surface area contributed by atoms with Crippen molar-refractivity contribution in [3.63, 3.8) is 0 Å². The number of amides is 6. The summed E-state index contributed by atoms with van der Waals surface area (Å²) in [7, 11) is 0. The number of nitrogens with two attached hydrogens (primary N) is 1. The summed E-state index contributed by atoms with van der Waals surface area (Å²) in [6, 6.07) is 21.1. The second-order valence-corrected chi connectivity index (χ2v) is 18.7. The Balaban J connectivity index is 0.638. The number of nitrogens with zero attached hydrogens (tertiary/aromatic N) is 8. The highest BCUT2D eigenvalue weighted by Crippen LogP contribution is 2.36. The van der Waals surface area contributed by atoms with Crippen molar-refractivity contribution >= 4 is 64.1 Å². The molecule has 4 aliphatic heterocycles. The van der Waals surface area contributed by atoms with E-state index in [1.54, 1.807) is 29.2 Å². The zero-order chi connectivity index (χ0) is 50.0. The van der Waals surface area contributed by atoms with Crippen LogP contribution in [0.1, 0.15) is 52.4 Å². The fourth-order valence-corrected chi connectivity index (χ4v) is 10.1. The molecule has 0 spiro atoms. The molecule has 6 amide bonds. The number of nitrogen functional groups attached to an aromatic ring is 1. The molecule has 72 heavy (non-hydrogen) atoms. The van der Waals surface area contributed by atoms with E-state index in [9.17, 15) is 28.8 Å². The third kappa shape index (κ3) is 11.7. The van der Waals surface area contributed by atoms with Gasteiger partial charge in [-0.15, -0.1) is 11.8 Å². The standard InChI is InChI=1S/C51H56N10O10S/c52-47-45-46(34-13-15-37(16-14-34)71-36-8-2-1-3-9-36)56-61(48(45)54-33-53-47)35-7-5-20-59(31-35)42(63)12-6-19-57-21-23-58(24-22-57)43(64)32-70-28-27-68-25-26-69-29-30-72-40-11-4-10-38-44(40)51(67)60(50(38)66)39-17-18-41(62)55-49(39)65/h1-4,6,8-16,33,35,39H,5,7,17-32H2,(H2,52,53,54)(H,55,62,65)/b12-6+/t35-,39?/m1/s1. The summed E-state index contributed by atoms with van der Waals surface area (Å²) in [4.78, 5) is 93.0. The van der Waals surface area contributed by atoms with E-state index in [4.69, 9.17) is 29.8 Å². The second kappa shape index (κ2) is 23.5. The number of thioether (sulfide) groups is 1. The van der Waals surface area contributed by atoms with E-state index in [1.165, 1.54) is 18.1 Å². The predicted molar refractivity (Wildman–Crippen MR) is 265 cm³/mol. The molecule has 3 aromatic carbocycles. The lowest BCUT2D eigenvalue weighted by atomic mass is 10.0. The summed E-state index contributed by atoms with van der Waals surface area (Å²) < 4.78 is 24.8. The molecule has 3 N–H and O–H groups in total. The Hall–Kier alpha value is -7.04. The molecule has 0 bridgehead atoms. The number of carbonyl (C=O) groups is 6. The van der Waals surface area contributed by atoms with Crippen LogP contribution in [-0.2, 0) is 33.4 Å². The first-order chi connectivity index (χ1) is 35.1. The number of nitrogens with one attached hydrogen (secondary N) is 1. The van der Waals surface area contributed by atoms with Crippen LogP contribution in [0.25, 0.3) is 22.3 Å². The highest BCUT2D eigenvalue weighted by Gasteiger charge is 2.45. The van der Waals surface area contributed by atoms with Gasteiger partial charge in [-0.25, -0.2) is 14.6 Å². The molecule has 2 atom stereocenters. The van der Waals surface area contributed by atoms with Gasteiger partial charge in [0.2, 0.25) is 23.6 Å². The minimum atomic E-state index is -1.02. The predicted octanol–water partition coefficient (Wildman–Crippen LogP) is 3.98. The Morgan fingerprint density at radius 2 is 1.54 bits per heavy atom. The largest absolute Gasteiger partial charge is 0.457 e. The minimum absolute atomic E-state index is 0.0431. The van der Waals surface area contributed by atoms with Crippen LogP contribution in [0.15, 0.2) is 96.2 Å². The summed E-state index contributed by atoms with van der Waals surface area (Å²) in [5.41, 5.74) is 9.05. The van der Waals surface area contributed by atoms with Crippen LogP contribution in [0, 0.1) is 0 Å². The number of aromatic nitrogens is 4. The van der Waals surface area contributed by atoms with Gasteiger partial charge in [-0.1, -0.05) is 30.3 Å². The first-order valence-corrected chi connectivity index (χ1v) is 25.1. The van der Waals surface area contributed by atoms with Gasteiger partial charge < -0.3 is 34.5 Å². The van der Waals surface area contributed by atoms with Crippen molar-refractivity contribution in [2.24, 2.45) is 0 Å². The number of piperazine rings is 1. The third-order valence-electron chi connectivity index (χ3n) is 12.9. The number of ether oxygens (including phenoxy) is 4. The van der Waals surface area contributed by atoms with E-state index < -0.39 is 29.7 Å². The van der Waals surface area contributed by atoms with Crippen LogP contribution >= 0.6 is 11.8 Å². The van der Waals surface area contributed by atoms with Crippen molar-refractivity contribution in [3.05, 3.63) is 102 Å². The summed E-state index contributed by atoms with van der Waals surface area (Å²) in [6.45, 7) is 5.72. The lowest BCUT2D eigenvalue weighted by molar-refractivity contribution is -0.138. The molecular weight excluding hydrogens is 945 g/mol. The van der Waals surface area contributed by atoms with Gasteiger partial charge in [0, 0.05) is 74.5 Å². The number of hydrogen-bond acceptors (Lipinski definition) is 16. The Labute approximate surface area is 419 Å². The summed E-state index contributed by atoms with van der Waals surface area (Å²) in [6.07, 6.45) is 6.76. The van der Waals surface area contributed by atoms with Gasteiger partial charge in [0.1, 0.15) is 42.0 Å². The molecule has 5 aromatic rings. The molecule has 3 fully saturated rings. The maximum Gasteiger partial charge on any atom is 0.263 e. The fourth-order valence-electron chi connectivity index (χ4n) is 9.21. The van der Waals surface area contributed by atoms with Gasteiger partial charge in [-0.2, -0.15) is 5.10 Å². The molecule has 376 valence electrons. The van der Waals surface area contributed by atoms with Gasteiger partial charge >= 0.3 is 0 Å². The normalized spacial score (nSPS) is 18.6. The van der Waals surface area contributed by atoms with Crippen LogP contribution in [0.5, 0.6) is 11.5 Å². The molecule has 20 nitrogen and oxygen atoms in total. The van der Waals surface area contributed by atoms with Crippen LogP contribution < -0.4 is 15.8 Å². The summed E-state index contributed by atoms with van der Waals surface area (Å²) in [5.74, 6) is -0.00963. The van der Waals surface area contributed by atoms with Crippen LogP contribution in [0.3, 0.4) is 0 Å². The quantitative estimate of drug-likeness (QED) is 0.0486. The molecule has 0 saturated carbocycles. The van der Waals surface area contributed by atoms with E-state index >= 15 is 0 Å². The highest BCUT2D eigenvalue weighted by molar-refractivity contribution is 7.99. The smallest absolute Gasteiger partial charge is 0.263 e. The monoisotopic (exact) mass is 1000 g/mol. The molecule has 21 heteroatoms. The summed E-state index contributed by atoms with van der Waals surface area (Å²) >= 11 is 1.37. The zero-order valence-electron chi connectivity index (χ0n) is 39.7. The van der Waals surface area contributed by atoms with Crippen molar-refractivity contribution in [2.75, 3.05) is 96.9 Å². The number of carbonyl (C=O) groups excluding carboxylic acids is 6. The number of hydrogen-bond donors (Lipinski definition) is 2. The molecule has 1 unspecified atom stereocenters. The van der Waals surface area contributed by atoms with Crippen LogP contribution in [0.2, 0.25) is 0 Å². The minimum Gasteiger partial charge on any atom is -0.457 e. The van der Waals surface area contributed by atoms with Gasteiger partial charge in [-0.05, 0) is 67.8 Å². The Morgan fingerprint density at radius 1 is 0.792 bits per heavy atom. The number of fused-ring (bicyclic) bond motifs is 2. The van der Waals surface area contributed by atoms with E-state index in [1.807, 2.05) is 70.3 Å².